The van der Waals surface area contributed by atoms with E-state index in [9.17, 15) is 0 Å². The summed E-state index contributed by atoms with van der Waals surface area (Å²) in [6.07, 6.45) is 2.37. The highest BCUT2D eigenvalue weighted by Gasteiger charge is 2.18. The summed E-state index contributed by atoms with van der Waals surface area (Å²) in [6.45, 7) is 9.11. The van der Waals surface area contributed by atoms with Crippen LogP contribution in [0.15, 0.2) is 0 Å². The van der Waals surface area contributed by atoms with Crippen LogP contribution in [0.25, 0.3) is 0 Å². The first-order chi connectivity index (χ1) is 5.11. The van der Waals surface area contributed by atoms with Gasteiger partial charge in [0.05, 0.1) is 0 Å². The summed E-state index contributed by atoms with van der Waals surface area (Å²) in [4.78, 5) is 0. The van der Waals surface area contributed by atoms with Gasteiger partial charge in [0.2, 0.25) is 0 Å². The minimum atomic E-state index is 0.287. The predicted molar refractivity (Wildman–Crippen MR) is 55.1 cm³/mol. The Morgan fingerprint density at radius 2 is 1.82 bits per heavy atom. The maximum absolute atomic E-state index is 5.95. The Balaban J connectivity index is 3.58. The van der Waals surface area contributed by atoms with Crippen molar-refractivity contribution in [3.8, 4) is 0 Å². The third-order valence-electron chi connectivity index (χ3n) is 2.50. The first kappa shape index (κ1) is 11.1. The summed E-state index contributed by atoms with van der Waals surface area (Å²) >= 11 is 0. The molecule has 0 fully saturated rings. The highest BCUT2D eigenvalue weighted by molar-refractivity contribution is 7.12. The Morgan fingerprint density at radius 3 is 2.18 bits per heavy atom. The summed E-state index contributed by atoms with van der Waals surface area (Å²) in [5.74, 6) is 1.29. The van der Waals surface area contributed by atoms with Crippen LogP contribution in [-0.2, 0) is 0 Å². The molecule has 2 atom stereocenters. The summed E-state index contributed by atoms with van der Waals surface area (Å²) in [7, 11) is 2.27. The molecule has 0 aliphatic rings. The van der Waals surface area contributed by atoms with Gasteiger partial charge in [0.1, 0.15) is 7.17 Å². The summed E-state index contributed by atoms with van der Waals surface area (Å²) in [6, 6.07) is 0. The minimum Gasteiger partial charge on any atom is -0.376 e. The Kier molecular flexibility index (Phi) is 5.75. The topological polar surface area (TPSA) is 26.0 Å². The number of nitrogens with two attached hydrogens (primary N) is 1. The molecule has 0 amide bonds. The molecule has 0 aliphatic carbocycles. The monoisotopic (exact) mass is 152 g/mol. The van der Waals surface area contributed by atoms with E-state index in [0.717, 1.165) is 0 Å². The fraction of sp³-hybridized carbons (Fsp3) is 1.00. The molecule has 0 aromatic rings. The van der Waals surface area contributed by atoms with Crippen molar-refractivity contribution in [3.63, 3.8) is 0 Å². The molecule has 63 valence electrons. The summed E-state index contributed by atoms with van der Waals surface area (Å²) in [5, 5.41) is 0. The van der Waals surface area contributed by atoms with E-state index in [4.69, 9.17) is 5.64 Å². The van der Waals surface area contributed by atoms with Crippen LogP contribution in [0.5, 0.6) is 0 Å². The van der Waals surface area contributed by atoms with Gasteiger partial charge in [-0.05, 0) is 0 Å². The van der Waals surface area contributed by atoms with Gasteiger partial charge in [0.15, 0.2) is 6.74 Å². The average molecular weight is 152 g/mol. The molecule has 3 heteroatoms. The molecule has 0 aromatic carbocycles. The van der Waals surface area contributed by atoms with Crippen LogP contribution in [0.2, 0.25) is 11.6 Å². The van der Waals surface area contributed by atoms with Crippen molar-refractivity contribution >= 4 is 13.9 Å². The van der Waals surface area contributed by atoms with Crippen molar-refractivity contribution < 1.29 is 0 Å². The molecule has 1 nitrogen and oxygen atoms in total. The lowest BCUT2D eigenvalue weighted by molar-refractivity contribution is 0.850. The zero-order chi connectivity index (χ0) is 8.85. The SMILES string of the molecule is CCC(C)[B]B(N)C(C)CC. The fourth-order valence-electron chi connectivity index (χ4n) is 0.977. The maximum atomic E-state index is 5.95. The lowest BCUT2D eigenvalue weighted by Crippen LogP contribution is -2.39. The van der Waals surface area contributed by atoms with Crippen LogP contribution < -0.4 is 5.64 Å². The third kappa shape index (κ3) is 4.52. The van der Waals surface area contributed by atoms with Crippen molar-refractivity contribution in [2.24, 2.45) is 5.64 Å². The molecule has 0 heterocycles. The number of rotatable bonds is 5. The second kappa shape index (κ2) is 5.70. The van der Waals surface area contributed by atoms with Crippen LogP contribution in [0.3, 0.4) is 0 Å². The van der Waals surface area contributed by atoms with Gasteiger partial charge < -0.3 is 5.64 Å². The molecule has 0 aliphatic heterocycles. The highest BCUT2D eigenvalue weighted by atomic mass is 14.4. The van der Waals surface area contributed by atoms with Crippen molar-refractivity contribution in [1.82, 2.24) is 0 Å². The van der Waals surface area contributed by atoms with Gasteiger partial charge in [0.25, 0.3) is 0 Å². The molecule has 1 radical (unpaired) electrons. The number of hydrogen-bond donors (Lipinski definition) is 1. The van der Waals surface area contributed by atoms with Crippen LogP contribution in [0, 0.1) is 0 Å². The van der Waals surface area contributed by atoms with E-state index in [0.29, 0.717) is 11.6 Å². The molecule has 2 unspecified atom stereocenters. The molecular weight excluding hydrogens is 132 g/mol. The molecule has 0 rings (SSSR count). The molecular formula is C8H20B2N. The van der Waals surface area contributed by atoms with Gasteiger partial charge in [-0.3, -0.25) is 0 Å². The zero-order valence-electron chi connectivity index (χ0n) is 8.30. The first-order valence-corrected chi connectivity index (χ1v) is 4.72. The predicted octanol–water partition coefficient (Wildman–Crippen LogP) is 2.16. The van der Waals surface area contributed by atoms with Crippen molar-refractivity contribution in [2.45, 2.75) is 52.2 Å². The standard InChI is InChI=1S/C8H20B2N/c1-5-7(3)9-10(11)8(4)6-2/h7-8H,5-6,11H2,1-4H3. The van der Waals surface area contributed by atoms with E-state index in [-0.39, 0.29) is 6.74 Å². The molecule has 2 N–H and O–H groups in total. The van der Waals surface area contributed by atoms with Crippen LogP contribution >= 0.6 is 0 Å². The van der Waals surface area contributed by atoms with E-state index >= 15 is 0 Å². The van der Waals surface area contributed by atoms with Crippen LogP contribution in [-0.4, -0.2) is 13.9 Å². The Bertz CT molecular complexity index is 98.1. The lowest BCUT2D eigenvalue weighted by atomic mass is 9.21. The van der Waals surface area contributed by atoms with E-state index in [1.165, 1.54) is 12.8 Å². The van der Waals surface area contributed by atoms with Crippen molar-refractivity contribution in [3.05, 3.63) is 0 Å². The quantitative estimate of drug-likeness (QED) is 0.600. The minimum absolute atomic E-state index is 0.287. The molecule has 11 heavy (non-hydrogen) atoms. The van der Waals surface area contributed by atoms with Gasteiger partial charge in [-0.25, -0.2) is 0 Å². The first-order valence-electron chi connectivity index (χ1n) is 4.72. The van der Waals surface area contributed by atoms with Gasteiger partial charge in [0, 0.05) is 0 Å². The second-order valence-electron chi connectivity index (χ2n) is 3.54. The van der Waals surface area contributed by atoms with Gasteiger partial charge in [-0.1, -0.05) is 52.2 Å². The van der Waals surface area contributed by atoms with Gasteiger partial charge in [-0.15, -0.1) is 0 Å². The zero-order valence-corrected chi connectivity index (χ0v) is 8.30. The van der Waals surface area contributed by atoms with E-state index < -0.39 is 0 Å². The Labute approximate surface area is 72.4 Å². The number of hydrogen-bond acceptors (Lipinski definition) is 1. The normalized spacial score (nSPS) is 15.7. The molecule has 0 bridgehead atoms. The molecule has 0 saturated heterocycles. The Morgan fingerprint density at radius 1 is 1.27 bits per heavy atom. The van der Waals surface area contributed by atoms with E-state index in [1.807, 2.05) is 0 Å². The average Bonchev–Trinajstić information content (AvgIpc) is 2.02. The van der Waals surface area contributed by atoms with Crippen molar-refractivity contribution in [1.29, 1.82) is 0 Å². The van der Waals surface area contributed by atoms with E-state index in [2.05, 4.69) is 34.9 Å². The maximum Gasteiger partial charge on any atom is 0.176 e. The lowest BCUT2D eigenvalue weighted by Gasteiger charge is -2.16. The second-order valence-corrected chi connectivity index (χ2v) is 3.54. The molecule has 0 aromatic heterocycles. The summed E-state index contributed by atoms with van der Waals surface area (Å²) in [5.41, 5.74) is 5.95. The summed E-state index contributed by atoms with van der Waals surface area (Å²) < 4.78 is 0. The molecule has 0 spiro atoms. The highest BCUT2D eigenvalue weighted by Crippen LogP contribution is 2.14. The molecule has 0 saturated carbocycles. The Hall–Kier alpha value is 0.0899. The van der Waals surface area contributed by atoms with Crippen LogP contribution in [0.4, 0.5) is 0 Å². The smallest absolute Gasteiger partial charge is 0.176 e. The fourth-order valence-corrected chi connectivity index (χ4v) is 0.977. The van der Waals surface area contributed by atoms with Crippen molar-refractivity contribution in [2.75, 3.05) is 0 Å². The van der Waals surface area contributed by atoms with Gasteiger partial charge >= 0.3 is 0 Å². The third-order valence-corrected chi connectivity index (χ3v) is 2.50. The largest absolute Gasteiger partial charge is 0.376 e. The van der Waals surface area contributed by atoms with Crippen LogP contribution in [0.1, 0.15) is 40.5 Å². The van der Waals surface area contributed by atoms with E-state index in [1.54, 1.807) is 0 Å². The van der Waals surface area contributed by atoms with Gasteiger partial charge in [-0.2, -0.15) is 0 Å².